The van der Waals surface area contributed by atoms with Crippen LogP contribution in [0.5, 0.6) is 0 Å². The van der Waals surface area contributed by atoms with Gasteiger partial charge in [-0.25, -0.2) is 21.8 Å². The number of rotatable bonds is 6. The minimum atomic E-state index is -3.10. The minimum Gasteiger partial charge on any atom is -0.258 e. The molecule has 144 valence electrons. The van der Waals surface area contributed by atoms with E-state index in [1.807, 2.05) is 0 Å². The van der Waals surface area contributed by atoms with E-state index in [2.05, 4.69) is 5.43 Å². The van der Waals surface area contributed by atoms with Crippen molar-refractivity contribution in [3.63, 3.8) is 0 Å². The Balaban J connectivity index is 1.75. The van der Waals surface area contributed by atoms with Crippen LogP contribution < -0.4 is 5.43 Å². The highest BCUT2D eigenvalue weighted by Gasteiger charge is 2.35. The highest BCUT2D eigenvalue weighted by Crippen LogP contribution is 2.21. The van der Waals surface area contributed by atoms with Gasteiger partial charge in [0.25, 0.3) is 5.69 Å². The van der Waals surface area contributed by atoms with Crippen LogP contribution in [-0.2, 0) is 26.2 Å². The number of non-ortho nitro benzene ring substituents is 1. The molecule has 1 N–H and O–H groups in total. The summed E-state index contributed by atoms with van der Waals surface area (Å²) in [5.74, 6) is 0.285. The summed E-state index contributed by atoms with van der Waals surface area (Å²) >= 11 is 0. The van der Waals surface area contributed by atoms with Gasteiger partial charge in [-0.05, 0) is 18.4 Å². The fourth-order valence-electron chi connectivity index (χ4n) is 3.35. The van der Waals surface area contributed by atoms with Crippen molar-refractivity contribution in [2.24, 2.45) is 0 Å². The fraction of sp³-hybridized carbons (Fsp3) is 0.600. The lowest BCUT2D eigenvalue weighted by molar-refractivity contribution is -0.384. The number of hydrogen-bond donors (Lipinski definition) is 1. The van der Waals surface area contributed by atoms with Crippen LogP contribution in [0.4, 0.5) is 5.69 Å². The molecule has 1 aromatic rings. The first-order chi connectivity index (χ1) is 12.1. The lowest BCUT2D eigenvalue weighted by Crippen LogP contribution is -2.50. The number of hydrazine groups is 1. The fourth-order valence-corrected chi connectivity index (χ4v) is 6.75. The van der Waals surface area contributed by atoms with Crippen LogP contribution in [0.15, 0.2) is 24.3 Å². The van der Waals surface area contributed by atoms with Gasteiger partial charge in [-0.1, -0.05) is 12.1 Å². The maximum atomic E-state index is 11.8. The van der Waals surface area contributed by atoms with Crippen LogP contribution in [0.25, 0.3) is 0 Å². The van der Waals surface area contributed by atoms with Crippen LogP contribution in [0.3, 0.4) is 0 Å². The molecule has 2 heterocycles. The Morgan fingerprint density at radius 3 is 2.15 bits per heavy atom. The van der Waals surface area contributed by atoms with E-state index in [0.29, 0.717) is 19.4 Å². The minimum absolute atomic E-state index is 0.0152. The maximum Gasteiger partial charge on any atom is 0.269 e. The van der Waals surface area contributed by atoms with Crippen molar-refractivity contribution in [3.8, 4) is 0 Å². The zero-order valence-electron chi connectivity index (χ0n) is 14.1. The summed E-state index contributed by atoms with van der Waals surface area (Å²) in [5, 5.41) is 12.6. The standard InChI is InChI=1S/C15H21N3O6S2/c19-18(20)14-3-1-12(2-4-14)9-17(15-6-8-26(23,24)11-15)16-13-5-7-25(21,22)10-13/h1-4,13,15-16H,5-11H2/t13-,15-/m0/s1. The van der Waals surface area contributed by atoms with Gasteiger partial charge in [0.1, 0.15) is 0 Å². The molecule has 9 nitrogen and oxygen atoms in total. The molecule has 0 radical (unpaired) electrons. The molecular formula is C15H21N3O6S2. The third-order valence-electron chi connectivity index (χ3n) is 4.73. The predicted molar refractivity (Wildman–Crippen MR) is 95.9 cm³/mol. The van der Waals surface area contributed by atoms with Gasteiger partial charge >= 0.3 is 0 Å². The molecule has 2 aliphatic rings. The van der Waals surface area contributed by atoms with E-state index in [1.165, 1.54) is 12.1 Å². The van der Waals surface area contributed by atoms with E-state index in [0.717, 1.165) is 5.56 Å². The molecule has 3 rings (SSSR count). The number of nitro benzene ring substituents is 1. The van der Waals surface area contributed by atoms with E-state index in [-0.39, 0.29) is 40.8 Å². The highest BCUT2D eigenvalue weighted by atomic mass is 32.2. The number of nitrogens with one attached hydrogen (secondary N) is 1. The van der Waals surface area contributed by atoms with E-state index in [4.69, 9.17) is 0 Å². The Bertz CT molecular complexity index is 882. The second-order valence-electron chi connectivity index (χ2n) is 6.84. The van der Waals surface area contributed by atoms with Crippen molar-refractivity contribution >= 4 is 25.4 Å². The second kappa shape index (κ2) is 7.22. The number of nitro groups is 1. The van der Waals surface area contributed by atoms with E-state index in [1.54, 1.807) is 17.1 Å². The molecule has 0 aromatic heterocycles. The summed E-state index contributed by atoms with van der Waals surface area (Å²) in [6, 6.07) is 5.56. The van der Waals surface area contributed by atoms with Gasteiger partial charge < -0.3 is 0 Å². The lowest BCUT2D eigenvalue weighted by atomic mass is 10.1. The molecule has 0 amide bonds. The third-order valence-corrected chi connectivity index (χ3v) is 8.25. The van der Waals surface area contributed by atoms with Gasteiger partial charge in [0.05, 0.1) is 27.9 Å². The monoisotopic (exact) mass is 403 g/mol. The van der Waals surface area contributed by atoms with Crippen LogP contribution in [0.2, 0.25) is 0 Å². The molecule has 0 bridgehead atoms. The zero-order valence-corrected chi connectivity index (χ0v) is 15.7. The molecule has 2 saturated heterocycles. The van der Waals surface area contributed by atoms with Gasteiger partial charge in [0, 0.05) is 30.8 Å². The van der Waals surface area contributed by atoms with Crippen LogP contribution in [-0.4, -0.2) is 61.9 Å². The molecule has 11 heteroatoms. The summed E-state index contributed by atoms with van der Waals surface area (Å²) in [7, 11) is -6.15. The van der Waals surface area contributed by atoms with Gasteiger partial charge in [-0.3, -0.25) is 15.5 Å². The van der Waals surface area contributed by atoms with Crippen molar-refractivity contribution in [2.75, 3.05) is 23.0 Å². The average molecular weight is 403 g/mol. The summed E-state index contributed by atoms with van der Waals surface area (Å²) in [6.45, 7) is 0.342. The quantitative estimate of drug-likeness (QED) is 0.530. The number of nitrogens with zero attached hydrogens (tertiary/aromatic N) is 2. The Labute approximate surface area is 152 Å². The first kappa shape index (κ1) is 19.2. The first-order valence-corrected chi connectivity index (χ1v) is 11.9. The summed E-state index contributed by atoms with van der Waals surface area (Å²) < 4.78 is 47.0. The Morgan fingerprint density at radius 1 is 1.04 bits per heavy atom. The Hall–Kier alpha value is -1.56. The molecule has 26 heavy (non-hydrogen) atoms. The molecule has 0 unspecified atom stereocenters. The molecule has 2 fully saturated rings. The second-order valence-corrected chi connectivity index (χ2v) is 11.3. The summed E-state index contributed by atoms with van der Waals surface area (Å²) in [5.41, 5.74) is 3.96. The van der Waals surface area contributed by atoms with Gasteiger partial charge in [-0.15, -0.1) is 0 Å². The zero-order chi connectivity index (χ0) is 18.9. The lowest BCUT2D eigenvalue weighted by Gasteiger charge is -2.31. The molecule has 2 aliphatic heterocycles. The first-order valence-electron chi connectivity index (χ1n) is 8.30. The van der Waals surface area contributed by atoms with Crippen LogP contribution in [0, 0.1) is 10.1 Å². The molecular weight excluding hydrogens is 382 g/mol. The van der Waals surface area contributed by atoms with Crippen molar-refractivity contribution in [2.45, 2.75) is 31.5 Å². The van der Waals surface area contributed by atoms with Crippen LogP contribution >= 0.6 is 0 Å². The molecule has 2 atom stereocenters. The van der Waals surface area contributed by atoms with E-state index < -0.39 is 24.6 Å². The molecule has 0 aliphatic carbocycles. The van der Waals surface area contributed by atoms with Crippen molar-refractivity contribution in [3.05, 3.63) is 39.9 Å². The van der Waals surface area contributed by atoms with Gasteiger partial charge in [0.15, 0.2) is 19.7 Å². The van der Waals surface area contributed by atoms with Crippen molar-refractivity contribution in [1.29, 1.82) is 0 Å². The normalized spacial score (nSPS) is 27.0. The Kier molecular flexibility index (Phi) is 5.33. The number of hydrogen-bond acceptors (Lipinski definition) is 8. The van der Waals surface area contributed by atoms with E-state index in [9.17, 15) is 26.9 Å². The van der Waals surface area contributed by atoms with Gasteiger partial charge in [0.2, 0.25) is 0 Å². The molecule has 1 aromatic carbocycles. The number of sulfone groups is 2. The largest absolute Gasteiger partial charge is 0.269 e. The van der Waals surface area contributed by atoms with Gasteiger partial charge in [-0.2, -0.15) is 0 Å². The predicted octanol–water partition coefficient (Wildman–Crippen LogP) is 0.276. The molecule has 0 saturated carbocycles. The van der Waals surface area contributed by atoms with Crippen molar-refractivity contribution in [1.82, 2.24) is 10.4 Å². The highest BCUT2D eigenvalue weighted by molar-refractivity contribution is 7.91. The topological polar surface area (TPSA) is 127 Å². The van der Waals surface area contributed by atoms with E-state index >= 15 is 0 Å². The summed E-state index contributed by atoms with van der Waals surface area (Å²) in [6.07, 6.45) is 0.959. The maximum absolute atomic E-state index is 11.8. The smallest absolute Gasteiger partial charge is 0.258 e. The summed E-state index contributed by atoms with van der Waals surface area (Å²) in [4.78, 5) is 10.3. The SMILES string of the molecule is O=[N+]([O-])c1ccc(CN(N[C@H]2CCS(=O)(=O)C2)[C@H]2CCS(=O)(=O)C2)cc1. The van der Waals surface area contributed by atoms with Crippen LogP contribution in [0.1, 0.15) is 18.4 Å². The molecule has 0 spiro atoms. The third kappa shape index (κ3) is 4.78. The average Bonchev–Trinajstić information content (AvgIpc) is 3.08. The Morgan fingerprint density at radius 2 is 1.65 bits per heavy atom. The number of benzene rings is 1. The van der Waals surface area contributed by atoms with Crippen molar-refractivity contribution < 1.29 is 21.8 Å².